The van der Waals surface area contributed by atoms with E-state index in [9.17, 15) is 27.6 Å². The van der Waals surface area contributed by atoms with Crippen molar-refractivity contribution in [3.8, 4) is 12.3 Å². The molecule has 1 amide bonds. The summed E-state index contributed by atoms with van der Waals surface area (Å²) in [6.07, 6.45) is -2.13. The molecule has 0 saturated carbocycles. The minimum absolute atomic E-state index is 0.0437. The highest BCUT2D eigenvalue weighted by atomic mass is 19.4. The zero-order chi connectivity index (χ0) is 22.5. The van der Waals surface area contributed by atoms with Crippen LogP contribution in [0.1, 0.15) is 31.6 Å². The van der Waals surface area contributed by atoms with E-state index in [1.165, 1.54) is 4.90 Å². The van der Waals surface area contributed by atoms with Crippen LogP contribution in [0.15, 0.2) is 15.8 Å². The van der Waals surface area contributed by atoms with Gasteiger partial charge < -0.3 is 19.1 Å². The molecule has 0 radical (unpaired) electrons. The number of nitrogens with one attached hydrogen (secondary N) is 1. The molecule has 0 spiro atoms. The highest BCUT2D eigenvalue weighted by molar-refractivity contribution is 5.67. The van der Waals surface area contributed by atoms with Crippen LogP contribution in [0, 0.1) is 12.3 Å². The van der Waals surface area contributed by atoms with E-state index in [-0.39, 0.29) is 19.6 Å². The van der Waals surface area contributed by atoms with Gasteiger partial charge in [0.05, 0.1) is 6.10 Å². The standard InChI is InChI=1S/C18H22F3N3O6/c1-4-6-23(3)17(27)29-10-13-12(28-7-5-2)8-14(30-13)24-9-11(18(19,20)21)15(25)22-16(24)26/h2,9,12-14H,4,6-8,10H2,1,3H3,(H,22,25,26)/t12-,13+,14+/m0/s1. The number of aromatic nitrogens is 2. The van der Waals surface area contributed by atoms with Crippen LogP contribution in [0.4, 0.5) is 18.0 Å². The van der Waals surface area contributed by atoms with Crippen LogP contribution in [0.25, 0.3) is 0 Å². The Kier molecular flexibility index (Phi) is 7.69. The second-order valence-electron chi connectivity index (χ2n) is 6.62. The number of rotatable bonds is 7. The highest BCUT2D eigenvalue weighted by Gasteiger charge is 2.40. The third kappa shape index (κ3) is 5.64. The first-order valence-electron chi connectivity index (χ1n) is 9.09. The van der Waals surface area contributed by atoms with E-state index in [0.717, 1.165) is 6.42 Å². The molecule has 1 aromatic heterocycles. The minimum atomic E-state index is -4.96. The van der Waals surface area contributed by atoms with Crippen LogP contribution < -0.4 is 11.2 Å². The fourth-order valence-electron chi connectivity index (χ4n) is 2.94. The van der Waals surface area contributed by atoms with Crippen LogP contribution in [0.3, 0.4) is 0 Å². The number of carbonyl (C=O) groups excluding carboxylic acids is 1. The molecule has 0 unspecified atom stereocenters. The van der Waals surface area contributed by atoms with Crippen LogP contribution in [0.5, 0.6) is 0 Å². The lowest BCUT2D eigenvalue weighted by Crippen LogP contribution is -2.37. The van der Waals surface area contributed by atoms with Crippen LogP contribution in [-0.4, -0.2) is 59.6 Å². The monoisotopic (exact) mass is 433 g/mol. The largest absolute Gasteiger partial charge is 0.447 e. The van der Waals surface area contributed by atoms with E-state index in [2.05, 4.69) is 5.92 Å². The molecule has 1 aliphatic rings. The molecule has 2 rings (SSSR count). The van der Waals surface area contributed by atoms with Gasteiger partial charge in [0.2, 0.25) is 0 Å². The Morgan fingerprint density at radius 2 is 2.17 bits per heavy atom. The molecule has 1 saturated heterocycles. The summed E-state index contributed by atoms with van der Waals surface area (Å²) in [5.41, 5.74) is -4.16. The van der Waals surface area contributed by atoms with Gasteiger partial charge in [-0.05, 0) is 6.42 Å². The number of amides is 1. The van der Waals surface area contributed by atoms with Gasteiger partial charge >= 0.3 is 18.0 Å². The molecule has 1 aromatic rings. The molecule has 1 N–H and O–H groups in total. The molecule has 9 nitrogen and oxygen atoms in total. The number of alkyl halides is 3. The van der Waals surface area contributed by atoms with E-state index in [1.54, 1.807) is 12.0 Å². The summed E-state index contributed by atoms with van der Waals surface area (Å²) in [7, 11) is 1.55. The number of carbonyl (C=O) groups is 1. The third-order valence-corrected chi connectivity index (χ3v) is 4.39. The zero-order valence-electron chi connectivity index (χ0n) is 16.4. The third-order valence-electron chi connectivity index (χ3n) is 4.39. The first-order chi connectivity index (χ1) is 14.1. The normalized spacial score (nSPS) is 21.3. The fourth-order valence-corrected chi connectivity index (χ4v) is 2.94. The van der Waals surface area contributed by atoms with Crippen molar-refractivity contribution in [1.82, 2.24) is 14.5 Å². The predicted octanol–water partition coefficient (Wildman–Crippen LogP) is 1.34. The van der Waals surface area contributed by atoms with Gasteiger partial charge in [0, 0.05) is 26.2 Å². The lowest BCUT2D eigenvalue weighted by atomic mass is 10.2. The van der Waals surface area contributed by atoms with Gasteiger partial charge in [0.15, 0.2) is 0 Å². The highest BCUT2D eigenvalue weighted by Crippen LogP contribution is 2.32. The quantitative estimate of drug-likeness (QED) is 0.651. The van der Waals surface area contributed by atoms with Crippen LogP contribution in [-0.2, 0) is 20.4 Å². The Balaban J connectivity index is 2.21. The Morgan fingerprint density at radius 3 is 2.77 bits per heavy atom. The van der Waals surface area contributed by atoms with Crippen molar-refractivity contribution in [1.29, 1.82) is 0 Å². The number of ether oxygens (including phenoxy) is 3. The maximum Gasteiger partial charge on any atom is 0.423 e. The van der Waals surface area contributed by atoms with Crippen molar-refractivity contribution in [2.75, 3.05) is 26.8 Å². The topological polar surface area (TPSA) is 103 Å². The van der Waals surface area contributed by atoms with Gasteiger partial charge in [-0.2, -0.15) is 13.2 Å². The lowest BCUT2D eigenvalue weighted by Gasteiger charge is -2.21. The summed E-state index contributed by atoms with van der Waals surface area (Å²) in [6, 6.07) is 0. The summed E-state index contributed by atoms with van der Waals surface area (Å²) in [5.74, 6) is 2.26. The van der Waals surface area contributed by atoms with Crippen molar-refractivity contribution in [2.45, 2.75) is 44.4 Å². The second kappa shape index (κ2) is 9.82. The van der Waals surface area contributed by atoms with Gasteiger partial charge in [-0.1, -0.05) is 12.8 Å². The summed E-state index contributed by atoms with van der Waals surface area (Å²) in [4.78, 5) is 38.5. The average molecular weight is 433 g/mol. The molecule has 1 fully saturated rings. The molecule has 166 valence electrons. The molecular weight excluding hydrogens is 411 g/mol. The Labute approximate surface area is 169 Å². The molecule has 0 aromatic carbocycles. The molecule has 2 heterocycles. The number of hydrogen-bond donors (Lipinski definition) is 1. The minimum Gasteiger partial charge on any atom is -0.447 e. The fraction of sp³-hybridized carbons (Fsp3) is 0.611. The van der Waals surface area contributed by atoms with E-state index >= 15 is 0 Å². The van der Waals surface area contributed by atoms with Crippen molar-refractivity contribution in [3.63, 3.8) is 0 Å². The average Bonchev–Trinajstić information content (AvgIpc) is 3.06. The van der Waals surface area contributed by atoms with E-state index in [1.807, 2.05) is 6.92 Å². The number of H-pyrrole nitrogens is 1. The van der Waals surface area contributed by atoms with Crippen molar-refractivity contribution in [3.05, 3.63) is 32.6 Å². The van der Waals surface area contributed by atoms with E-state index in [4.69, 9.17) is 20.6 Å². The van der Waals surface area contributed by atoms with Crippen molar-refractivity contribution < 1.29 is 32.2 Å². The smallest absolute Gasteiger partial charge is 0.423 e. The number of terminal acetylenes is 1. The molecule has 12 heteroatoms. The summed E-state index contributed by atoms with van der Waals surface area (Å²) < 4.78 is 55.9. The molecular formula is C18H22F3N3O6. The number of hydrogen-bond acceptors (Lipinski definition) is 6. The molecule has 30 heavy (non-hydrogen) atoms. The van der Waals surface area contributed by atoms with E-state index < -0.39 is 47.5 Å². The number of halogens is 3. The van der Waals surface area contributed by atoms with Gasteiger partial charge in [0.25, 0.3) is 5.56 Å². The van der Waals surface area contributed by atoms with Gasteiger partial charge in [-0.25, -0.2) is 9.59 Å². The van der Waals surface area contributed by atoms with E-state index in [0.29, 0.717) is 17.3 Å². The van der Waals surface area contributed by atoms with Gasteiger partial charge in [-0.15, -0.1) is 6.42 Å². The lowest BCUT2D eigenvalue weighted by molar-refractivity contribution is -0.139. The second-order valence-corrected chi connectivity index (χ2v) is 6.62. The molecule has 1 aliphatic heterocycles. The maximum absolute atomic E-state index is 13.0. The predicted molar refractivity (Wildman–Crippen MR) is 97.7 cm³/mol. The van der Waals surface area contributed by atoms with Gasteiger partial charge in [-0.3, -0.25) is 14.3 Å². The van der Waals surface area contributed by atoms with Crippen molar-refractivity contribution >= 4 is 6.09 Å². The van der Waals surface area contributed by atoms with Crippen molar-refractivity contribution in [2.24, 2.45) is 0 Å². The first kappa shape index (κ1) is 23.5. The van der Waals surface area contributed by atoms with Crippen LogP contribution in [0.2, 0.25) is 0 Å². The summed E-state index contributed by atoms with van der Waals surface area (Å²) >= 11 is 0. The number of nitrogens with zero attached hydrogens (tertiary/aromatic N) is 2. The first-order valence-corrected chi connectivity index (χ1v) is 9.09. The molecule has 3 atom stereocenters. The zero-order valence-corrected chi connectivity index (χ0v) is 16.4. The Morgan fingerprint density at radius 1 is 1.47 bits per heavy atom. The SMILES string of the molecule is C#CCO[C@H]1C[C@H](n2cc(C(F)(F)F)c(=O)[nH]c2=O)O[C@@H]1COC(=O)N(C)CCC. The molecule has 0 bridgehead atoms. The summed E-state index contributed by atoms with van der Waals surface area (Å²) in [6.45, 7) is 1.98. The Bertz CT molecular complexity index is 904. The summed E-state index contributed by atoms with van der Waals surface area (Å²) in [5, 5.41) is 0. The van der Waals surface area contributed by atoms with Crippen LogP contribution >= 0.6 is 0 Å². The number of aromatic amines is 1. The molecule has 0 aliphatic carbocycles. The Hall–Kier alpha value is -2.78. The maximum atomic E-state index is 13.0. The van der Waals surface area contributed by atoms with Gasteiger partial charge in [0.1, 0.15) is 31.1 Å².